The highest BCUT2D eigenvalue weighted by molar-refractivity contribution is 5.70. The van der Waals surface area contributed by atoms with Gasteiger partial charge in [0.1, 0.15) is 18.7 Å². The summed E-state index contributed by atoms with van der Waals surface area (Å²) in [7, 11) is 0. The van der Waals surface area contributed by atoms with E-state index in [4.69, 9.17) is 9.84 Å². The quantitative estimate of drug-likeness (QED) is 0.845. The van der Waals surface area contributed by atoms with Crippen LogP contribution in [0.2, 0.25) is 0 Å². The molecule has 0 aliphatic heterocycles. The Balaban J connectivity index is 1.94. The summed E-state index contributed by atoms with van der Waals surface area (Å²) in [5.41, 5.74) is 0.748. The highest BCUT2D eigenvalue weighted by Crippen LogP contribution is 2.14. The summed E-state index contributed by atoms with van der Waals surface area (Å²) in [4.78, 5) is 14.8. The largest absolute Gasteiger partial charge is 0.486 e. The number of benzene rings is 1. The predicted molar refractivity (Wildman–Crippen MR) is 77.0 cm³/mol. The van der Waals surface area contributed by atoms with Gasteiger partial charge in [-0.2, -0.15) is 5.10 Å². The third-order valence-corrected chi connectivity index (χ3v) is 2.88. The number of carboxylic acids is 1. The number of aromatic nitrogens is 3. The van der Waals surface area contributed by atoms with E-state index in [1.54, 1.807) is 24.3 Å². The van der Waals surface area contributed by atoms with Crippen molar-refractivity contribution in [3.8, 4) is 5.75 Å². The second-order valence-electron chi connectivity index (χ2n) is 5.26. The van der Waals surface area contributed by atoms with E-state index in [1.807, 2.05) is 4.68 Å². The lowest BCUT2D eigenvalue weighted by Gasteiger charge is -2.10. The van der Waals surface area contributed by atoms with Crippen molar-refractivity contribution >= 4 is 5.97 Å². The Morgan fingerprint density at radius 2 is 2.05 bits per heavy atom. The second kappa shape index (κ2) is 6.88. The van der Waals surface area contributed by atoms with Crippen molar-refractivity contribution in [2.75, 3.05) is 0 Å². The van der Waals surface area contributed by atoms with E-state index in [2.05, 4.69) is 23.9 Å². The first kappa shape index (κ1) is 15.0. The van der Waals surface area contributed by atoms with E-state index >= 15 is 0 Å². The van der Waals surface area contributed by atoms with Crippen molar-refractivity contribution in [2.24, 2.45) is 5.92 Å². The molecule has 0 unspecified atom stereocenters. The Morgan fingerprint density at radius 1 is 1.33 bits per heavy atom. The van der Waals surface area contributed by atoms with Crippen LogP contribution in [0, 0.1) is 5.92 Å². The van der Waals surface area contributed by atoms with Gasteiger partial charge in [-0.1, -0.05) is 26.0 Å². The lowest BCUT2D eigenvalue weighted by atomic mass is 10.1. The van der Waals surface area contributed by atoms with Gasteiger partial charge in [0.15, 0.2) is 5.82 Å². The van der Waals surface area contributed by atoms with Gasteiger partial charge < -0.3 is 9.84 Å². The van der Waals surface area contributed by atoms with Crippen LogP contribution in [0.25, 0.3) is 0 Å². The topological polar surface area (TPSA) is 77.2 Å². The van der Waals surface area contributed by atoms with Crippen LogP contribution in [0.5, 0.6) is 5.75 Å². The fourth-order valence-electron chi connectivity index (χ4n) is 1.92. The molecule has 0 aliphatic carbocycles. The summed E-state index contributed by atoms with van der Waals surface area (Å²) in [5, 5.41) is 12.9. The molecule has 6 nitrogen and oxygen atoms in total. The number of rotatable bonds is 7. The average Bonchev–Trinajstić information content (AvgIpc) is 2.84. The minimum Gasteiger partial charge on any atom is -0.486 e. The molecule has 2 rings (SSSR count). The summed E-state index contributed by atoms with van der Waals surface area (Å²) in [6.07, 6.45) is 1.54. The number of aliphatic carboxylic acids is 1. The molecule has 0 saturated carbocycles. The van der Waals surface area contributed by atoms with Gasteiger partial charge in [0, 0.05) is 6.54 Å². The molecule has 0 radical (unpaired) electrons. The van der Waals surface area contributed by atoms with Crippen LogP contribution in [0.15, 0.2) is 30.6 Å². The van der Waals surface area contributed by atoms with E-state index in [0.717, 1.165) is 17.9 Å². The van der Waals surface area contributed by atoms with Crippen LogP contribution >= 0.6 is 0 Å². The number of hydrogen-bond acceptors (Lipinski definition) is 4. The maximum absolute atomic E-state index is 10.6. The Morgan fingerprint density at radius 3 is 2.67 bits per heavy atom. The molecule has 2 aromatic rings. The maximum Gasteiger partial charge on any atom is 0.307 e. The first-order valence-corrected chi connectivity index (χ1v) is 6.85. The van der Waals surface area contributed by atoms with Crippen LogP contribution in [0.3, 0.4) is 0 Å². The molecule has 6 heteroatoms. The molecule has 0 atom stereocenters. The summed E-state index contributed by atoms with van der Waals surface area (Å²) < 4.78 is 7.50. The zero-order chi connectivity index (χ0) is 15.2. The normalized spacial score (nSPS) is 10.8. The molecule has 0 aliphatic rings. The van der Waals surface area contributed by atoms with Crippen LogP contribution < -0.4 is 4.74 Å². The third kappa shape index (κ3) is 4.59. The summed E-state index contributed by atoms with van der Waals surface area (Å²) in [6.45, 7) is 5.38. The van der Waals surface area contributed by atoms with Crippen molar-refractivity contribution in [3.05, 3.63) is 42.0 Å². The average molecular weight is 289 g/mol. The number of carbonyl (C=O) groups is 1. The van der Waals surface area contributed by atoms with Crippen molar-refractivity contribution in [1.29, 1.82) is 0 Å². The molecule has 0 saturated heterocycles. The van der Waals surface area contributed by atoms with E-state index < -0.39 is 5.97 Å². The molecule has 1 N–H and O–H groups in total. The first-order chi connectivity index (χ1) is 10.0. The first-order valence-electron chi connectivity index (χ1n) is 6.85. The molecule has 1 aromatic carbocycles. The van der Waals surface area contributed by atoms with E-state index in [0.29, 0.717) is 18.3 Å². The van der Waals surface area contributed by atoms with Crippen LogP contribution in [-0.4, -0.2) is 25.8 Å². The standard InChI is InChI=1S/C15H19N3O3/c1-11(2)8-18-14(16-10-17-18)9-21-13-5-3-12(4-6-13)7-15(19)20/h3-6,10-11H,7-9H2,1-2H3,(H,19,20). The molecule has 21 heavy (non-hydrogen) atoms. The lowest BCUT2D eigenvalue weighted by molar-refractivity contribution is -0.136. The molecule has 112 valence electrons. The number of nitrogens with zero attached hydrogens (tertiary/aromatic N) is 3. The molecule has 0 fully saturated rings. The van der Waals surface area contributed by atoms with Gasteiger partial charge in [0.25, 0.3) is 0 Å². The number of hydrogen-bond donors (Lipinski definition) is 1. The van der Waals surface area contributed by atoms with Gasteiger partial charge >= 0.3 is 5.97 Å². The third-order valence-electron chi connectivity index (χ3n) is 2.88. The van der Waals surface area contributed by atoms with Crippen molar-refractivity contribution in [2.45, 2.75) is 33.4 Å². The zero-order valence-corrected chi connectivity index (χ0v) is 12.2. The minimum atomic E-state index is -0.842. The van der Waals surface area contributed by atoms with E-state index in [-0.39, 0.29) is 6.42 Å². The number of carboxylic acid groups (broad SMARTS) is 1. The van der Waals surface area contributed by atoms with Crippen molar-refractivity contribution in [1.82, 2.24) is 14.8 Å². The minimum absolute atomic E-state index is 0.0169. The van der Waals surface area contributed by atoms with Crippen LogP contribution in [0.1, 0.15) is 25.2 Å². The van der Waals surface area contributed by atoms with Crippen LogP contribution in [0.4, 0.5) is 0 Å². The Bertz CT molecular complexity index is 590. The number of ether oxygens (including phenoxy) is 1. The van der Waals surface area contributed by atoms with Gasteiger partial charge in [-0.15, -0.1) is 0 Å². The molecular formula is C15H19N3O3. The Hall–Kier alpha value is -2.37. The molecule has 0 spiro atoms. The lowest BCUT2D eigenvalue weighted by Crippen LogP contribution is -2.12. The highest BCUT2D eigenvalue weighted by Gasteiger charge is 2.07. The summed E-state index contributed by atoms with van der Waals surface area (Å²) >= 11 is 0. The van der Waals surface area contributed by atoms with Crippen LogP contribution in [-0.2, 0) is 24.4 Å². The van der Waals surface area contributed by atoms with E-state index in [9.17, 15) is 4.79 Å². The van der Waals surface area contributed by atoms with Gasteiger partial charge in [-0.05, 0) is 23.6 Å². The van der Waals surface area contributed by atoms with Gasteiger partial charge in [0.05, 0.1) is 6.42 Å². The van der Waals surface area contributed by atoms with Gasteiger partial charge in [-0.25, -0.2) is 9.67 Å². The molecule has 0 bridgehead atoms. The smallest absolute Gasteiger partial charge is 0.307 e. The Labute approximate surface area is 123 Å². The Kier molecular flexibility index (Phi) is 4.92. The second-order valence-corrected chi connectivity index (χ2v) is 5.26. The van der Waals surface area contributed by atoms with E-state index in [1.165, 1.54) is 6.33 Å². The maximum atomic E-state index is 10.6. The molecule has 0 amide bonds. The van der Waals surface area contributed by atoms with Crippen molar-refractivity contribution in [3.63, 3.8) is 0 Å². The SMILES string of the molecule is CC(C)Cn1ncnc1COc1ccc(CC(=O)O)cc1. The summed E-state index contributed by atoms with van der Waals surface area (Å²) in [5.74, 6) is 1.10. The van der Waals surface area contributed by atoms with Gasteiger partial charge in [0.2, 0.25) is 0 Å². The fourth-order valence-corrected chi connectivity index (χ4v) is 1.92. The van der Waals surface area contributed by atoms with Gasteiger partial charge in [-0.3, -0.25) is 4.79 Å². The monoisotopic (exact) mass is 289 g/mol. The zero-order valence-electron chi connectivity index (χ0n) is 12.2. The molecule has 1 aromatic heterocycles. The highest BCUT2D eigenvalue weighted by atomic mass is 16.5. The summed E-state index contributed by atoms with van der Waals surface area (Å²) in [6, 6.07) is 7.04. The fraction of sp³-hybridized carbons (Fsp3) is 0.400. The predicted octanol–water partition coefficient (Wildman–Crippen LogP) is 2.14. The molecule has 1 heterocycles. The molecular weight excluding hydrogens is 270 g/mol. The van der Waals surface area contributed by atoms with Crippen molar-refractivity contribution < 1.29 is 14.6 Å².